The maximum Gasteiger partial charge on any atom is 0.399 e. The summed E-state index contributed by atoms with van der Waals surface area (Å²) < 4.78 is 78.9. The van der Waals surface area contributed by atoms with Gasteiger partial charge in [0, 0.05) is 27.0 Å². The second-order valence-corrected chi connectivity index (χ2v) is 10.2. The van der Waals surface area contributed by atoms with Crippen LogP contribution in [-0.2, 0) is 4.79 Å². The third-order valence-electron chi connectivity index (χ3n) is 5.00. The summed E-state index contributed by atoms with van der Waals surface area (Å²) in [6.45, 7) is 2.98. The lowest BCUT2D eigenvalue weighted by molar-refractivity contribution is -0.152. The molecule has 1 N–H and O–H groups in total. The summed E-state index contributed by atoms with van der Waals surface area (Å²) in [5.41, 5.74) is 0.978. The van der Waals surface area contributed by atoms with Gasteiger partial charge in [0.05, 0.1) is 10.9 Å². The molecule has 0 fully saturated rings. The van der Waals surface area contributed by atoms with Gasteiger partial charge < -0.3 is 5.32 Å². The number of amides is 1. The average molecular weight is 664 g/mol. The van der Waals surface area contributed by atoms with Gasteiger partial charge in [0.2, 0.25) is 0 Å². The summed E-state index contributed by atoms with van der Waals surface area (Å²) in [5.74, 6) is -3.59. The second kappa shape index (κ2) is 12.1. The second-order valence-electron chi connectivity index (χ2n) is 8.16. The quantitative estimate of drug-likeness (QED) is 0.227. The maximum absolute atomic E-state index is 13.8. The van der Waals surface area contributed by atoms with Crippen LogP contribution in [0.2, 0.25) is 5.02 Å². The molecule has 0 heterocycles. The van der Waals surface area contributed by atoms with Gasteiger partial charge in [-0.1, -0.05) is 35.9 Å². The van der Waals surface area contributed by atoms with Crippen molar-refractivity contribution in [1.29, 1.82) is 0 Å². The number of rotatable bonds is 8. The molecule has 196 valence electrons. The van der Waals surface area contributed by atoms with Gasteiger partial charge in [0.1, 0.15) is 12.2 Å². The van der Waals surface area contributed by atoms with E-state index in [1.54, 1.807) is 6.92 Å². The fourth-order valence-corrected chi connectivity index (χ4v) is 4.74. The maximum atomic E-state index is 13.8. The van der Waals surface area contributed by atoms with Crippen LogP contribution in [0, 0.1) is 6.92 Å². The van der Waals surface area contributed by atoms with Gasteiger partial charge in [-0.3, -0.25) is 9.59 Å². The SMILES string of the molecule is Cc1cc(/C=C/C(c2cc(Br)c(Cl)c(Br)c2)C(F)(F)F)ccc1C(=O)N[C@H](C)CC(=O)CC(F)(F)F. The Hall–Kier alpha value is -1.85. The van der Waals surface area contributed by atoms with Gasteiger partial charge in [-0.25, -0.2) is 0 Å². The van der Waals surface area contributed by atoms with Crippen LogP contribution in [-0.4, -0.2) is 30.1 Å². The number of hydrogen-bond acceptors (Lipinski definition) is 2. The molecule has 0 radical (unpaired) electrons. The number of halogens is 9. The standard InChI is InChI=1S/C24H20Br2ClF6NO2/c1-12-7-14(3-5-17(12)22(36)34-13(2)8-16(35)11-23(28,29)30)4-6-18(24(31,32)33)15-9-19(25)21(27)20(26)10-15/h3-7,9-10,13,18H,8,11H2,1-2H3,(H,34,36)/b6-4+/t13-,18?/m1/s1. The van der Waals surface area contributed by atoms with Gasteiger partial charge in [-0.05, 0) is 80.6 Å². The third-order valence-corrected chi connectivity index (χ3v) is 7.12. The summed E-state index contributed by atoms with van der Waals surface area (Å²) in [7, 11) is 0. The molecule has 2 aromatic rings. The molecule has 0 saturated heterocycles. The number of benzene rings is 2. The number of carbonyl (C=O) groups excluding carboxylic acids is 2. The van der Waals surface area contributed by atoms with E-state index in [0.29, 0.717) is 20.1 Å². The molecule has 0 aliphatic rings. The highest BCUT2D eigenvalue weighted by molar-refractivity contribution is 9.11. The summed E-state index contributed by atoms with van der Waals surface area (Å²) in [5, 5.41) is 2.71. The minimum absolute atomic E-state index is 0.0383. The highest BCUT2D eigenvalue weighted by atomic mass is 79.9. The van der Waals surface area contributed by atoms with Crippen molar-refractivity contribution >= 4 is 61.2 Å². The van der Waals surface area contributed by atoms with Crippen LogP contribution in [0.25, 0.3) is 6.08 Å². The van der Waals surface area contributed by atoms with Gasteiger partial charge >= 0.3 is 12.4 Å². The number of aryl methyl sites for hydroxylation is 1. The smallest absolute Gasteiger partial charge is 0.349 e. The van der Waals surface area contributed by atoms with Gasteiger partial charge in [-0.2, -0.15) is 26.3 Å². The normalized spacial score (nSPS) is 14.1. The van der Waals surface area contributed by atoms with Crippen molar-refractivity contribution in [3.63, 3.8) is 0 Å². The largest absolute Gasteiger partial charge is 0.399 e. The summed E-state index contributed by atoms with van der Waals surface area (Å²) >= 11 is 12.3. The lowest BCUT2D eigenvalue weighted by atomic mass is 9.96. The lowest BCUT2D eigenvalue weighted by Gasteiger charge is -2.18. The molecule has 2 rings (SSSR count). The first-order valence-corrected chi connectivity index (χ1v) is 12.3. The van der Waals surface area contributed by atoms with Crippen LogP contribution in [0.3, 0.4) is 0 Å². The highest BCUT2D eigenvalue weighted by Crippen LogP contribution is 2.41. The number of nitrogens with one attached hydrogen (secondary N) is 1. The Bertz CT molecular complexity index is 1140. The molecule has 0 bridgehead atoms. The Balaban J connectivity index is 2.18. The van der Waals surface area contributed by atoms with Crippen molar-refractivity contribution in [2.24, 2.45) is 0 Å². The van der Waals surface area contributed by atoms with Crippen LogP contribution in [0.1, 0.15) is 52.7 Å². The zero-order chi connectivity index (χ0) is 27.4. The Labute approximate surface area is 225 Å². The van der Waals surface area contributed by atoms with Crippen LogP contribution in [0.15, 0.2) is 45.4 Å². The molecule has 1 amide bonds. The van der Waals surface area contributed by atoms with E-state index in [2.05, 4.69) is 37.2 Å². The van der Waals surface area contributed by atoms with E-state index in [-0.39, 0.29) is 16.1 Å². The number of ketones is 1. The van der Waals surface area contributed by atoms with Crippen molar-refractivity contribution in [1.82, 2.24) is 5.32 Å². The third kappa shape index (κ3) is 8.92. The van der Waals surface area contributed by atoms with E-state index in [1.807, 2.05) is 0 Å². The Morgan fingerprint density at radius 1 is 1.06 bits per heavy atom. The Morgan fingerprint density at radius 2 is 1.64 bits per heavy atom. The molecule has 2 aromatic carbocycles. The topological polar surface area (TPSA) is 46.2 Å². The molecular formula is C24H20Br2ClF6NO2. The van der Waals surface area contributed by atoms with E-state index in [1.165, 1.54) is 43.3 Å². The molecule has 2 atom stereocenters. The number of alkyl halides is 6. The van der Waals surface area contributed by atoms with Crippen molar-refractivity contribution in [2.45, 2.75) is 51.0 Å². The van der Waals surface area contributed by atoms with Gasteiger partial charge in [-0.15, -0.1) is 0 Å². The van der Waals surface area contributed by atoms with E-state index in [0.717, 1.165) is 6.08 Å². The van der Waals surface area contributed by atoms with E-state index >= 15 is 0 Å². The lowest BCUT2D eigenvalue weighted by Crippen LogP contribution is -2.35. The van der Waals surface area contributed by atoms with Crippen molar-refractivity contribution < 1.29 is 35.9 Å². The molecule has 0 spiro atoms. The van der Waals surface area contributed by atoms with Gasteiger partial charge in [0.25, 0.3) is 5.91 Å². The monoisotopic (exact) mass is 661 g/mol. The molecular weight excluding hydrogens is 644 g/mol. The predicted octanol–water partition coefficient (Wildman–Crippen LogP) is 8.56. The first-order valence-electron chi connectivity index (χ1n) is 10.4. The van der Waals surface area contributed by atoms with E-state index in [9.17, 15) is 35.9 Å². The summed E-state index contributed by atoms with van der Waals surface area (Å²) in [4.78, 5) is 24.0. The molecule has 0 aromatic heterocycles. The predicted molar refractivity (Wildman–Crippen MR) is 133 cm³/mol. The first kappa shape index (κ1) is 30.4. The van der Waals surface area contributed by atoms with Crippen LogP contribution in [0.5, 0.6) is 0 Å². The van der Waals surface area contributed by atoms with E-state index < -0.39 is 48.8 Å². The van der Waals surface area contributed by atoms with Crippen molar-refractivity contribution in [2.75, 3.05) is 0 Å². The number of hydrogen-bond donors (Lipinski definition) is 1. The Morgan fingerprint density at radius 3 is 2.14 bits per heavy atom. The fraction of sp³-hybridized carbons (Fsp3) is 0.333. The van der Waals surface area contributed by atoms with Crippen molar-refractivity contribution in [3.8, 4) is 0 Å². The molecule has 3 nitrogen and oxygen atoms in total. The van der Waals surface area contributed by atoms with Crippen molar-refractivity contribution in [3.05, 3.63) is 72.6 Å². The van der Waals surface area contributed by atoms with Crippen LogP contribution in [0.4, 0.5) is 26.3 Å². The minimum Gasteiger partial charge on any atom is -0.349 e. The molecule has 0 aliphatic carbocycles. The highest BCUT2D eigenvalue weighted by Gasteiger charge is 2.39. The Kier molecular flexibility index (Phi) is 10.2. The number of allylic oxidation sites excluding steroid dienone is 1. The fourth-order valence-electron chi connectivity index (χ4n) is 3.41. The summed E-state index contributed by atoms with van der Waals surface area (Å²) in [6, 6.07) is 6.08. The zero-order valence-corrected chi connectivity index (χ0v) is 22.8. The molecule has 36 heavy (non-hydrogen) atoms. The number of carbonyl (C=O) groups is 2. The molecule has 1 unspecified atom stereocenters. The summed E-state index contributed by atoms with van der Waals surface area (Å²) in [6.07, 6.45) is -8.99. The molecule has 12 heteroatoms. The molecule has 0 saturated carbocycles. The van der Waals surface area contributed by atoms with Crippen LogP contribution < -0.4 is 5.32 Å². The first-order chi connectivity index (χ1) is 16.5. The zero-order valence-electron chi connectivity index (χ0n) is 18.8. The van der Waals surface area contributed by atoms with E-state index in [4.69, 9.17) is 11.6 Å². The average Bonchev–Trinajstić information content (AvgIpc) is 2.69. The van der Waals surface area contributed by atoms with Crippen LogP contribution >= 0.6 is 43.5 Å². The minimum atomic E-state index is -4.62. The molecule has 0 aliphatic heterocycles. The van der Waals surface area contributed by atoms with Gasteiger partial charge in [0.15, 0.2) is 0 Å². The number of Topliss-reactive ketones (excluding diaryl/α,β-unsaturated/α-hetero) is 1.